The van der Waals surface area contributed by atoms with Gasteiger partial charge in [0.05, 0.1) is 27.3 Å². The van der Waals surface area contributed by atoms with Crippen molar-refractivity contribution in [2.45, 2.75) is 25.5 Å². The molecule has 3 aromatic rings. The minimum atomic E-state index is -1.85. The van der Waals surface area contributed by atoms with Crippen molar-refractivity contribution >= 4 is 44.6 Å². The van der Waals surface area contributed by atoms with Crippen molar-refractivity contribution in [2.75, 3.05) is 4.90 Å². The van der Waals surface area contributed by atoms with Gasteiger partial charge in [0.15, 0.2) is 11.4 Å². The maximum Gasteiger partial charge on any atom is 0.264 e. The standard InChI is InChI=1S/C22H18BrNO3S/c1-14-6-8-15(9-7-14)13-24-17-5-3-2-4-16(17)22(27,21(24)26)12-18(25)19-10-11-20(23)28-19/h2-11,27H,12-13H2,1H3/t22-/m1/s1. The Labute approximate surface area is 175 Å². The molecular formula is C22H18BrNO3S. The summed E-state index contributed by atoms with van der Waals surface area (Å²) in [5.41, 5.74) is 1.38. The average Bonchev–Trinajstić information content (AvgIpc) is 3.20. The molecule has 0 spiro atoms. The van der Waals surface area contributed by atoms with Crippen LogP contribution in [0.25, 0.3) is 0 Å². The van der Waals surface area contributed by atoms with E-state index in [9.17, 15) is 14.7 Å². The number of Topliss-reactive ketones (excluding diaryl/α,β-unsaturated/α-hetero) is 1. The molecule has 1 atom stereocenters. The highest BCUT2D eigenvalue weighted by Gasteiger charge is 2.50. The first-order valence-electron chi connectivity index (χ1n) is 8.86. The molecule has 0 saturated heterocycles. The van der Waals surface area contributed by atoms with Crippen molar-refractivity contribution in [1.29, 1.82) is 0 Å². The van der Waals surface area contributed by atoms with Gasteiger partial charge in [0, 0.05) is 5.56 Å². The lowest BCUT2D eigenvalue weighted by atomic mass is 9.89. The second kappa shape index (κ2) is 7.28. The Morgan fingerprint density at radius 3 is 2.50 bits per heavy atom. The molecule has 0 aliphatic carbocycles. The molecule has 1 amide bonds. The summed E-state index contributed by atoms with van der Waals surface area (Å²) >= 11 is 4.64. The molecule has 28 heavy (non-hydrogen) atoms. The number of carbonyl (C=O) groups excluding carboxylic acids is 2. The number of hydrogen-bond donors (Lipinski definition) is 1. The second-order valence-corrected chi connectivity index (χ2v) is 9.42. The predicted molar refractivity (Wildman–Crippen MR) is 114 cm³/mol. The zero-order chi connectivity index (χ0) is 19.9. The van der Waals surface area contributed by atoms with Gasteiger partial charge in [-0.05, 0) is 46.6 Å². The number of benzene rings is 2. The number of anilines is 1. The van der Waals surface area contributed by atoms with Gasteiger partial charge in [-0.2, -0.15) is 0 Å². The summed E-state index contributed by atoms with van der Waals surface area (Å²) in [7, 11) is 0. The normalized spacial score (nSPS) is 18.4. The Kier molecular flexibility index (Phi) is 4.95. The van der Waals surface area contributed by atoms with Crippen molar-refractivity contribution in [3.8, 4) is 0 Å². The van der Waals surface area contributed by atoms with Crippen molar-refractivity contribution in [2.24, 2.45) is 0 Å². The zero-order valence-corrected chi connectivity index (χ0v) is 17.6. The second-order valence-electron chi connectivity index (χ2n) is 6.96. The summed E-state index contributed by atoms with van der Waals surface area (Å²) in [6.07, 6.45) is -0.278. The first-order chi connectivity index (χ1) is 13.4. The fourth-order valence-electron chi connectivity index (χ4n) is 3.49. The Morgan fingerprint density at radius 1 is 1.11 bits per heavy atom. The monoisotopic (exact) mass is 455 g/mol. The third-order valence-corrected chi connectivity index (χ3v) is 6.63. The molecule has 0 bridgehead atoms. The highest BCUT2D eigenvalue weighted by Crippen LogP contribution is 2.43. The predicted octanol–water partition coefficient (Wildman–Crippen LogP) is 4.83. The van der Waals surface area contributed by atoms with Crippen molar-refractivity contribution in [3.63, 3.8) is 0 Å². The summed E-state index contributed by atoms with van der Waals surface area (Å²) in [6, 6.07) is 18.6. The van der Waals surface area contributed by atoms with E-state index in [1.54, 1.807) is 29.2 Å². The lowest BCUT2D eigenvalue weighted by Crippen LogP contribution is -2.41. The van der Waals surface area contributed by atoms with E-state index >= 15 is 0 Å². The van der Waals surface area contributed by atoms with Gasteiger partial charge in [0.25, 0.3) is 5.91 Å². The third-order valence-electron chi connectivity index (χ3n) is 4.97. The van der Waals surface area contributed by atoms with Gasteiger partial charge in [-0.1, -0.05) is 48.0 Å². The number of aryl methyl sites for hydroxylation is 1. The fraction of sp³-hybridized carbons (Fsp3) is 0.182. The van der Waals surface area contributed by atoms with Crippen molar-refractivity contribution in [3.05, 3.63) is 86.0 Å². The number of carbonyl (C=O) groups is 2. The molecule has 2 heterocycles. The summed E-state index contributed by atoms with van der Waals surface area (Å²) in [6.45, 7) is 2.35. The van der Waals surface area contributed by atoms with E-state index < -0.39 is 11.5 Å². The first-order valence-corrected chi connectivity index (χ1v) is 10.5. The van der Waals surface area contributed by atoms with Crippen LogP contribution in [0.5, 0.6) is 0 Å². The number of ketones is 1. The molecule has 0 unspecified atom stereocenters. The summed E-state index contributed by atoms with van der Waals surface area (Å²) < 4.78 is 0.835. The highest BCUT2D eigenvalue weighted by molar-refractivity contribution is 9.11. The molecule has 142 valence electrons. The van der Waals surface area contributed by atoms with E-state index in [0.717, 1.165) is 14.9 Å². The van der Waals surface area contributed by atoms with Crippen molar-refractivity contribution in [1.82, 2.24) is 0 Å². The lowest BCUT2D eigenvalue weighted by Gasteiger charge is -2.22. The number of aliphatic hydroxyl groups is 1. The minimum absolute atomic E-state index is 0.251. The topological polar surface area (TPSA) is 57.6 Å². The quantitative estimate of drug-likeness (QED) is 0.560. The zero-order valence-electron chi connectivity index (χ0n) is 15.2. The molecule has 0 fully saturated rings. The van der Waals surface area contributed by atoms with Crippen LogP contribution in [-0.4, -0.2) is 16.8 Å². The van der Waals surface area contributed by atoms with Crippen LogP contribution in [-0.2, 0) is 16.9 Å². The minimum Gasteiger partial charge on any atom is -0.375 e. The van der Waals surface area contributed by atoms with Gasteiger partial charge >= 0.3 is 0 Å². The van der Waals surface area contributed by atoms with Gasteiger partial charge < -0.3 is 10.0 Å². The van der Waals surface area contributed by atoms with E-state index in [2.05, 4.69) is 15.9 Å². The van der Waals surface area contributed by atoms with Gasteiger partial charge in [-0.3, -0.25) is 9.59 Å². The van der Waals surface area contributed by atoms with Crippen molar-refractivity contribution < 1.29 is 14.7 Å². The van der Waals surface area contributed by atoms with Crippen LogP contribution >= 0.6 is 27.3 Å². The van der Waals surface area contributed by atoms with Gasteiger partial charge in [0.1, 0.15) is 0 Å². The summed E-state index contributed by atoms with van der Waals surface area (Å²) in [4.78, 5) is 28.1. The molecule has 6 heteroatoms. The molecular weight excluding hydrogens is 438 g/mol. The molecule has 1 aromatic heterocycles. The molecule has 1 aliphatic heterocycles. The summed E-state index contributed by atoms with van der Waals surface area (Å²) in [5.74, 6) is -0.711. The summed E-state index contributed by atoms with van der Waals surface area (Å²) in [5, 5.41) is 11.3. The molecule has 1 aliphatic rings. The molecule has 1 N–H and O–H groups in total. The van der Waals surface area contributed by atoms with Crippen LogP contribution in [0.15, 0.2) is 64.5 Å². The average molecular weight is 456 g/mol. The number of para-hydroxylation sites is 1. The highest BCUT2D eigenvalue weighted by atomic mass is 79.9. The van der Waals surface area contributed by atoms with Gasteiger partial charge in [-0.25, -0.2) is 0 Å². The SMILES string of the molecule is Cc1ccc(CN2C(=O)[C@@](O)(CC(=O)c3ccc(Br)s3)c3ccccc32)cc1. The maximum absolute atomic E-state index is 13.2. The molecule has 0 saturated carbocycles. The van der Waals surface area contributed by atoms with Crippen LogP contribution in [0.4, 0.5) is 5.69 Å². The van der Waals surface area contributed by atoms with Gasteiger partial charge in [0.2, 0.25) is 0 Å². The molecule has 2 aromatic carbocycles. The molecule has 4 rings (SSSR count). The molecule has 0 radical (unpaired) electrons. The largest absolute Gasteiger partial charge is 0.375 e. The Morgan fingerprint density at radius 2 is 1.82 bits per heavy atom. The Hall–Kier alpha value is -2.28. The fourth-order valence-corrected chi connectivity index (χ4v) is 4.82. The van der Waals surface area contributed by atoms with Crippen LogP contribution in [0.2, 0.25) is 0 Å². The third kappa shape index (κ3) is 3.32. The van der Waals surface area contributed by atoms with E-state index in [4.69, 9.17) is 0 Å². The lowest BCUT2D eigenvalue weighted by molar-refractivity contribution is -0.136. The van der Waals surface area contributed by atoms with E-state index in [-0.39, 0.29) is 12.2 Å². The number of amides is 1. The first kappa shape index (κ1) is 19.1. The number of hydrogen-bond acceptors (Lipinski definition) is 4. The van der Waals surface area contributed by atoms with E-state index in [0.29, 0.717) is 22.7 Å². The number of fused-ring (bicyclic) bond motifs is 1. The van der Waals surface area contributed by atoms with Crippen LogP contribution in [0.3, 0.4) is 0 Å². The van der Waals surface area contributed by atoms with Crippen LogP contribution in [0, 0.1) is 6.92 Å². The van der Waals surface area contributed by atoms with E-state index in [1.165, 1.54) is 11.3 Å². The number of thiophene rings is 1. The smallest absolute Gasteiger partial charge is 0.264 e. The maximum atomic E-state index is 13.2. The number of halogens is 1. The van der Waals surface area contributed by atoms with Gasteiger partial charge in [-0.15, -0.1) is 11.3 Å². The molecule has 4 nitrogen and oxygen atoms in total. The van der Waals surface area contributed by atoms with Crippen LogP contribution in [0.1, 0.15) is 32.8 Å². The Bertz CT molecular complexity index is 1060. The number of rotatable bonds is 5. The Balaban J connectivity index is 1.67. The van der Waals surface area contributed by atoms with Crippen LogP contribution < -0.4 is 4.90 Å². The van der Waals surface area contributed by atoms with E-state index in [1.807, 2.05) is 43.3 Å². The number of nitrogens with zero attached hydrogens (tertiary/aromatic N) is 1.